The molecular formula is C13H23N3O. The summed E-state index contributed by atoms with van der Waals surface area (Å²) in [6, 6.07) is 1.58. The lowest BCUT2D eigenvalue weighted by Gasteiger charge is -2.20. The van der Waals surface area contributed by atoms with Crippen molar-refractivity contribution in [3.8, 4) is 0 Å². The average molecular weight is 237 g/mol. The van der Waals surface area contributed by atoms with E-state index in [9.17, 15) is 4.79 Å². The van der Waals surface area contributed by atoms with Gasteiger partial charge in [0.1, 0.15) is 0 Å². The maximum Gasteiger partial charge on any atom is 0.253 e. The first-order valence-corrected chi connectivity index (χ1v) is 6.16. The van der Waals surface area contributed by atoms with Gasteiger partial charge in [-0.05, 0) is 47.1 Å². The lowest BCUT2D eigenvalue weighted by molar-refractivity contribution is 0.413. The molecule has 4 heteroatoms. The van der Waals surface area contributed by atoms with Crippen molar-refractivity contribution in [3.05, 3.63) is 28.4 Å². The molecule has 0 unspecified atom stereocenters. The van der Waals surface area contributed by atoms with E-state index in [0.29, 0.717) is 0 Å². The molecule has 0 radical (unpaired) electrons. The lowest BCUT2D eigenvalue weighted by Crippen LogP contribution is -2.36. The Morgan fingerprint density at radius 1 is 1.35 bits per heavy atom. The van der Waals surface area contributed by atoms with Crippen LogP contribution in [0.2, 0.25) is 0 Å². The molecule has 0 spiro atoms. The molecule has 0 aromatic carbocycles. The zero-order chi connectivity index (χ0) is 12.9. The zero-order valence-electron chi connectivity index (χ0n) is 11.3. The molecule has 0 saturated heterocycles. The van der Waals surface area contributed by atoms with Crippen molar-refractivity contribution < 1.29 is 0 Å². The van der Waals surface area contributed by atoms with Crippen molar-refractivity contribution in [2.45, 2.75) is 52.6 Å². The number of hydrogen-bond acceptors (Lipinski definition) is 3. The van der Waals surface area contributed by atoms with Crippen LogP contribution in [0.25, 0.3) is 0 Å². The van der Waals surface area contributed by atoms with Crippen LogP contribution in [0.15, 0.2) is 17.2 Å². The Balaban J connectivity index is 2.29. The predicted molar refractivity (Wildman–Crippen MR) is 70.2 cm³/mol. The van der Waals surface area contributed by atoms with Crippen LogP contribution >= 0.6 is 0 Å². The number of aromatic nitrogens is 2. The van der Waals surface area contributed by atoms with Gasteiger partial charge in [-0.15, -0.1) is 0 Å². The third-order valence-electron chi connectivity index (χ3n) is 2.50. The largest absolute Gasteiger partial charge is 0.312 e. The first kappa shape index (κ1) is 13.9. The molecule has 0 aliphatic heterocycles. The van der Waals surface area contributed by atoms with Crippen molar-refractivity contribution >= 4 is 0 Å². The quantitative estimate of drug-likeness (QED) is 0.793. The smallest absolute Gasteiger partial charge is 0.253 e. The molecule has 1 aromatic heterocycles. The number of nitrogens with zero attached hydrogens (tertiary/aromatic N) is 2. The van der Waals surface area contributed by atoms with Crippen molar-refractivity contribution in [1.82, 2.24) is 14.9 Å². The second kappa shape index (κ2) is 5.96. The average Bonchev–Trinajstić information content (AvgIpc) is 2.18. The summed E-state index contributed by atoms with van der Waals surface area (Å²) in [6.45, 7) is 10.0. The highest BCUT2D eigenvalue weighted by atomic mass is 16.1. The predicted octanol–water partition coefficient (Wildman–Crippen LogP) is 1.72. The molecule has 4 nitrogen and oxygen atoms in total. The maximum atomic E-state index is 11.6. The summed E-state index contributed by atoms with van der Waals surface area (Å²) in [6.07, 6.45) is 3.69. The summed E-state index contributed by atoms with van der Waals surface area (Å²) < 4.78 is 1.67. The highest BCUT2D eigenvalue weighted by Gasteiger charge is 2.07. The monoisotopic (exact) mass is 237 g/mol. The van der Waals surface area contributed by atoms with Gasteiger partial charge >= 0.3 is 0 Å². The summed E-state index contributed by atoms with van der Waals surface area (Å²) in [5.41, 5.74) is 0.990. The van der Waals surface area contributed by atoms with Crippen LogP contribution in [0.3, 0.4) is 0 Å². The fourth-order valence-corrected chi connectivity index (χ4v) is 1.56. The molecule has 0 amide bonds. The first-order chi connectivity index (χ1) is 7.88. The molecule has 1 rings (SSSR count). The Kier molecular flexibility index (Phi) is 4.87. The van der Waals surface area contributed by atoms with Crippen LogP contribution in [-0.2, 0) is 6.54 Å². The van der Waals surface area contributed by atoms with E-state index in [0.717, 1.165) is 31.6 Å². The Morgan fingerprint density at radius 3 is 2.65 bits per heavy atom. The highest BCUT2D eigenvalue weighted by Crippen LogP contribution is 1.99. The van der Waals surface area contributed by atoms with E-state index in [1.807, 2.05) is 6.92 Å². The summed E-state index contributed by atoms with van der Waals surface area (Å²) in [7, 11) is 0. The van der Waals surface area contributed by atoms with E-state index in [-0.39, 0.29) is 11.1 Å². The third-order valence-corrected chi connectivity index (χ3v) is 2.50. The van der Waals surface area contributed by atoms with Crippen molar-refractivity contribution in [2.75, 3.05) is 6.54 Å². The SMILES string of the molecule is Cc1cc(=O)n(CCCCNC(C)(C)C)cn1. The van der Waals surface area contributed by atoms with Crippen molar-refractivity contribution in [2.24, 2.45) is 0 Å². The molecule has 0 aliphatic rings. The normalized spacial score (nSPS) is 11.8. The Bertz CT molecular complexity index is 404. The molecule has 0 atom stereocenters. The van der Waals surface area contributed by atoms with Crippen LogP contribution in [0.1, 0.15) is 39.3 Å². The molecule has 0 saturated carbocycles. The van der Waals surface area contributed by atoms with Crippen LogP contribution in [0.5, 0.6) is 0 Å². The first-order valence-electron chi connectivity index (χ1n) is 6.16. The summed E-state index contributed by atoms with van der Waals surface area (Å²) in [5.74, 6) is 0. The van der Waals surface area contributed by atoms with E-state index in [2.05, 4.69) is 31.1 Å². The van der Waals surface area contributed by atoms with Gasteiger partial charge in [-0.25, -0.2) is 4.98 Å². The van der Waals surface area contributed by atoms with E-state index < -0.39 is 0 Å². The Labute approximate surface area is 103 Å². The molecule has 0 bridgehead atoms. The standard InChI is InChI=1S/C13H23N3O/c1-11-9-12(17)16(10-14-11)8-6-5-7-15-13(2,3)4/h9-10,15H,5-8H2,1-4H3. The number of hydrogen-bond donors (Lipinski definition) is 1. The zero-order valence-corrected chi connectivity index (χ0v) is 11.3. The van der Waals surface area contributed by atoms with Crippen molar-refractivity contribution in [3.63, 3.8) is 0 Å². The molecule has 0 fully saturated rings. The van der Waals surface area contributed by atoms with Gasteiger partial charge in [0, 0.05) is 23.8 Å². The number of unbranched alkanes of at least 4 members (excludes halogenated alkanes) is 1. The van der Waals surface area contributed by atoms with Crippen LogP contribution in [0, 0.1) is 6.92 Å². The molecule has 1 heterocycles. The number of nitrogens with one attached hydrogen (secondary N) is 1. The fourth-order valence-electron chi connectivity index (χ4n) is 1.56. The topological polar surface area (TPSA) is 46.9 Å². The van der Waals surface area contributed by atoms with Gasteiger partial charge in [0.2, 0.25) is 0 Å². The van der Waals surface area contributed by atoms with E-state index in [4.69, 9.17) is 0 Å². The van der Waals surface area contributed by atoms with Crippen molar-refractivity contribution in [1.29, 1.82) is 0 Å². The van der Waals surface area contributed by atoms with Gasteiger partial charge in [-0.2, -0.15) is 0 Å². The summed E-state index contributed by atoms with van der Waals surface area (Å²) in [4.78, 5) is 15.7. The molecule has 17 heavy (non-hydrogen) atoms. The second-order valence-electron chi connectivity index (χ2n) is 5.45. The van der Waals surface area contributed by atoms with Gasteiger partial charge in [0.15, 0.2) is 0 Å². The maximum absolute atomic E-state index is 11.6. The van der Waals surface area contributed by atoms with E-state index in [1.165, 1.54) is 0 Å². The van der Waals surface area contributed by atoms with Gasteiger partial charge < -0.3 is 5.32 Å². The molecular weight excluding hydrogens is 214 g/mol. The second-order valence-corrected chi connectivity index (χ2v) is 5.45. The molecule has 1 N–H and O–H groups in total. The van der Waals surface area contributed by atoms with E-state index >= 15 is 0 Å². The Morgan fingerprint density at radius 2 is 2.06 bits per heavy atom. The van der Waals surface area contributed by atoms with Gasteiger partial charge in [0.05, 0.1) is 6.33 Å². The minimum absolute atomic E-state index is 0.0429. The van der Waals surface area contributed by atoms with Gasteiger partial charge in [0.25, 0.3) is 5.56 Å². The summed E-state index contributed by atoms with van der Waals surface area (Å²) >= 11 is 0. The van der Waals surface area contributed by atoms with E-state index in [1.54, 1.807) is 17.0 Å². The molecule has 1 aromatic rings. The van der Waals surface area contributed by atoms with Crippen LogP contribution in [0.4, 0.5) is 0 Å². The fraction of sp³-hybridized carbons (Fsp3) is 0.692. The lowest BCUT2D eigenvalue weighted by atomic mass is 10.1. The van der Waals surface area contributed by atoms with Crippen LogP contribution < -0.4 is 10.9 Å². The minimum atomic E-state index is 0.0429. The highest BCUT2D eigenvalue weighted by molar-refractivity contribution is 4.95. The summed E-state index contributed by atoms with van der Waals surface area (Å²) in [5, 5.41) is 3.43. The number of aryl methyl sites for hydroxylation is 2. The Hall–Kier alpha value is -1.16. The van der Waals surface area contributed by atoms with Crippen LogP contribution in [-0.4, -0.2) is 21.6 Å². The molecule has 0 aliphatic carbocycles. The number of rotatable bonds is 5. The third kappa shape index (κ3) is 5.63. The molecule has 96 valence electrons. The minimum Gasteiger partial charge on any atom is -0.312 e. The van der Waals surface area contributed by atoms with Gasteiger partial charge in [-0.3, -0.25) is 9.36 Å². The van der Waals surface area contributed by atoms with Gasteiger partial charge in [-0.1, -0.05) is 0 Å².